The van der Waals surface area contributed by atoms with Gasteiger partial charge in [0.1, 0.15) is 11.6 Å². The molecule has 0 bridgehead atoms. The highest BCUT2D eigenvalue weighted by molar-refractivity contribution is 6.05. The van der Waals surface area contributed by atoms with Gasteiger partial charge in [0.15, 0.2) is 11.5 Å². The minimum atomic E-state index is -0.312. The number of rotatable bonds is 8. The molecule has 1 aliphatic heterocycles. The van der Waals surface area contributed by atoms with E-state index in [1.807, 2.05) is 13.0 Å². The van der Waals surface area contributed by atoms with Crippen LogP contribution in [0.1, 0.15) is 49.3 Å². The third-order valence-electron chi connectivity index (χ3n) is 6.06. The predicted molar refractivity (Wildman–Crippen MR) is 128 cm³/mol. The summed E-state index contributed by atoms with van der Waals surface area (Å²) in [5, 5.41) is 10.2. The summed E-state index contributed by atoms with van der Waals surface area (Å²) in [6.07, 6.45) is 7.57. The van der Waals surface area contributed by atoms with Crippen LogP contribution < -0.4 is 9.47 Å². The molecule has 2 aromatic carbocycles. The Bertz CT molecular complexity index is 1210. The highest BCUT2D eigenvalue weighted by Crippen LogP contribution is 2.45. The van der Waals surface area contributed by atoms with Gasteiger partial charge in [0.05, 0.1) is 14.2 Å². The SMILES string of the molecule is COc1cc(C=C2C(C)=C(CCC(=O)CC3=CN=CC3)c3cc(F)ccc32)cc(OC)c1O. The van der Waals surface area contributed by atoms with E-state index < -0.39 is 0 Å². The summed E-state index contributed by atoms with van der Waals surface area (Å²) in [7, 11) is 2.96. The van der Waals surface area contributed by atoms with Gasteiger partial charge in [0.2, 0.25) is 5.75 Å². The van der Waals surface area contributed by atoms with Gasteiger partial charge in [-0.25, -0.2) is 4.39 Å². The van der Waals surface area contributed by atoms with Gasteiger partial charge in [-0.3, -0.25) is 9.79 Å². The maximum Gasteiger partial charge on any atom is 0.200 e. The molecule has 0 fully saturated rings. The van der Waals surface area contributed by atoms with Crippen molar-refractivity contribution in [1.82, 2.24) is 0 Å². The molecule has 0 spiro atoms. The van der Waals surface area contributed by atoms with Crippen molar-refractivity contribution >= 4 is 29.2 Å². The topological polar surface area (TPSA) is 68.1 Å². The molecule has 0 saturated heterocycles. The van der Waals surface area contributed by atoms with Crippen LogP contribution in [0, 0.1) is 5.82 Å². The molecule has 0 amide bonds. The first kappa shape index (κ1) is 22.5. The predicted octanol–water partition coefficient (Wildman–Crippen LogP) is 5.97. The first-order chi connectivity index (χ1) is 15.9. The van der Waals surface area contributed by atoms with Gasteiger partial charge in [-0.1, -0.05) is 6.07 Å². The zero-order chi connectivity index (χ0) is 23.5. The van der Waals surface area contributed by atoms with Crippen LogP contribution in [0.5, 0.6) is 17.2 Å². The first-order valence-corrected chi connectivity index (χ1v) is 10.8. The van der Waals surface area contributed by atoms with E-state index in [2.05, 4.69) is 4.99 Å². The quantitative estimate of drug-likeness (QED) is 0.541. The minimum absolute atomic E-state index is 0.0645. The number of hydrogen-bond acceptors (Lipinski definition) is 5. The number of halogens is 1. The maximum absolute atomic E-state index is 14.1. The first-order valence-electron chi connectivity index (χ1n) is 10.8. The van der Waals surface area contributed by atoms with E-state index in [9.17, 15) is 14.3 Å². The Kier molecular flexibility index (Phi) is 6.45. The number of carbonyl (C=O) groups is 1. The third-order valence-corrected chi connectivity index (χ3v) is 6.06. The number of benzene rings is 2. The van der Waals surface area contributed by atoms with Crippen molar-refractivity contribution in [3.63, 3.8) is 0 Å². The van der Waals surface area contributed by atoms with E-state index in [1.54, 1.807) is 30.6 Å². The van der Waals surface area contributed by atoms with Gasteiger partial charge in [-0.2, -0.15) is 0 Å². The maximum atomic E-state index is 14.1. The number of hydrogen-bond donors (Lipinski definition) is 1. The second-order valence-electron chi connectivity index (χ2n) is 8.16. The Morgan fingerprint density at radius 2 is 1.88 bits per heavy atom. The van der Waals surface area contributed by atoms with Crippen LogP contribution in [0.4, 0.5) is 4.39 Å². The number of phenolic OH excluding ortho intramolecular Hbond substituents is 1. The van der Waals surface area contributed by atoms with E-state index in [1.165, 1.54) is 26.4 Å². The van der Waals surface area contributed by atoms with Gasteiger partial charge >= 0.3 is 0 Å². The summed E-state index contributed by atoms with van der Waals surface area (Å²) in [5.41, 5.74) is 6.43. The Hall–Kier alpha value is -3.67. The summed E-state index contributed by atoms with van der Waals surface area (Å²) in [6, 6.07) is 8.19. The monoisotopic (exact) mass is 447 g/mol. The van der Waals surface area contributed by atoms with Gasteiger partial charge in [-0.05, 0) is 82.7 Å². The van der Waals surface area contributed by atoms with Crippen molar-refractivity contribution in [1.29, 1.82) is 0 Å². The minimum Gasteiger partial charge on any atom is -0.502 e. The molecule has 5 nitrogen and oxygen atoms in total. The highest BCUT2D eigenvalue weighted by Gasteiger charge is 2.25. The number of aliphatic imine (C=N–C) groups is 1. The lowest BCUT2D eigenvalue weighted by Gasteiger charge is -2.11. The number of phenols is 1. The number of ketones is 1. The second kappa shape index (κ2) is 9.45. The molecule has 33 heavy (non-hydrogen) atoms. The number of fused-ring (bicyclic) bond motifs is 1. The average Bonchev–Trinajstić information content (AvgIpc) is 3.39. The number of aromatic hydroxyl groups is 1. The summed E-state index contributed by atoms with van der Waals surface area (Å²) in [6.45, 7) is 1.99. The second-order valence-corrected chi connectivity index (χ2v) is 8.16. The van der Waals surface area contributed by atoms with E-state index in [0.717, 1.165) is 45.4 Å². The Balaban J connectivity index is 1.67. The Morgan fingerprint density at radius 1 is 1.15 bits per heavy atom. The Morgan fingerprint density at radius 3 is 2.52 bits per heavy atom. The fourth-order valence-corrected chi connectivity index (χ4v) is 4.34. The molecule has 170 valence electrons. The summed E-state index contributed by atoms with van der Waals surface area (Å²) >= 11 is 0. The molecular formula is C27H26FNO4. The number of nitrogens with zero attached hydrogens (tertiary/aromatic N) is 1. The molecule has 0 saturated carbocycles. The third kappa shape index (κ3) is 4.60. The van der Waals surface area contributed by atoms with Gasteiger partial charge in [0.25, 0.3) is 0 Å². The van der Waals surface area contributed by atoms with E-state index >= 15 is 0 Å². The molecule has 0 aromatic heterocycles. The summed E-state index contributed by atoms with van der Waals surface area (Å²) in [4.78, 5) is 16.6. The lowest BCUT2D eigenvalue weighted by atomic mass is 9.97. The molecule has 2 aliphatic rings. The number of carbonyl (C=O) groups excluding carboxylic acids is 1. The standard InChI is InChI=1S/C27H26FNO4/c1-16-21(7-5-20(30)10-17-8-9-29-15-17)24-14-19(28)4-6-22(24)23(16)11-18-12-25(32-2)27(31)26(13-18)33-3/h4,6,9,11-15,31H,5,7-8,10H2,1-3H3. The van der Waals surface area contributed by atoms with Crippen LogP contribution in [0.2, 0.25) is 0 Å². The van der Waals surface area contributed by atoms with Crippen molar-refractivity contribution < 1.29 is 23.8 Å². The van der Waals surface area contributed by atoms with E-state index in [-0.39, 0.29) is 17.3 Å². The van der Waals surface area contributed by atoms with E-state index in [4.69, 9.17) is 9.47 Å². The molecule has 2 aromatic rings. The molecule has 6 heteroatoms. The van der Waals surface area contributed by atoms with Gasteiger partial charge < -0.3 is 14.6 Å². The van der Waals surface area contributed by atoms with Gasteiger partial charge in [-0.15, -0.1) is 0 Å². The lowest BCUT2D eigenvalue weighted by molar-refractivity contribution is -0.118. The molecule has 1 N–H and O–H groups in total. The zero-order valence-electron chi connectivity index (χ0n) is 18.9. The molecule has 4 rings (SSSR count). The number of allylic oxidation sites excluding steroid dienone is 4. The van der Waals surface area contributed by atoms with Crippen molar-refractivity contribution in [2.75, 3.05) is 14.2 Å². The summed E-state index contributed by atoms with van der Waals surface area (Å²) < 4.78 is 24.7. The average molecular weight is 448 g/mol. The van der Waals surface area contributed by atoms with Crippen LogP contribution in [-0.2, 0) is 4.79 Å². The molecule has 1 aliphatic carbocycles. The zero-order valence-corrected chi connectivity index (χ0v) is 18.9. The van der Waals surface area contributed by atoms with Crippen molar-refractivity contribution in [3.8, 4) is 17.2 Å². The van der Waals surface area contributed by atoms with Crippen LogP contribution in [-0.4, -0.2) is 31.3 Å². The molecule has 0 radical (unpaired) electrons. The number of methoxy groups -OCH3 is 2. The van der Waals surface area contributed by atoms with Crippen molar-refractivity contribution in [2.24, 2.45) is 4.99 Å². The fraction of sp³-hybridized carbons (Fsp3) is 0.259. The van der Waals surface area contributed by atoms with Gasteiger partial charge in [0, 0.05) is 31.7 Å². The van der Waals surface area contributed by atoms with Crippen molar-refractivity contribution in [2.45, 2.75) is 32.6 Å². The molecular weight excluding hydrogens is 421 g/mol. The van der Waals surface area contributed by atoms with Crippen LogP contribution in [0.15, 0.2) is 52.7 Å². The Labute approximate surface area is 192 Å². The van der Waals surface area contributed by atoms with Crippen LogP contribution >= 0.6 is 0 Å². The molecule has 0 atom stereocenters. The lowest BCUT2D eigenvalue weighted by Crippen LogP contribution is -2.00. The molecule has 0 unspecified atom stereocenters. The number of ether oxygens (including phenoxy) is 2. The van der Waals surface area contributed by atoms with Crippen molar-refractivity contribution in [3.05, 3.63) is 70.2 Å². The van der Waals surface area contributed by atoms with Crippen LogP contribution in [0.25, 0.3) is 17.2 Å². The smallest absolute Gasteiger partial charge is 0.200 e. The number of Topliss-reactive ketones (excluding diaryl/α,β-unsaturated/α-hetero) is 1. The van der Waals surface area contributed by atoms with Crippen LogP contribution in [0.3, 0.4) is 0 Å². The largest absolute Gasteiger partial charge is 0.502 e. The fourth-order valence-electron chi connectivity index (χ4n) is 4.34. The molecule has 1 heterocycles. The summed E-state index contributed by atoms with van der Waals surface area (Å²) in [5.74, 6) is 0.376. The highest BCUT2D eigenvalue weighted by atomic mass is 19.1. The van der Waals surface area contributed by atoms with E-state index in [0.29, 0.717) is 30.8 Å². The normalized spacial score (nSPS) is 15.8.